The lowest BCUT2D eigenvalue weighted by Gasteiger charge is -2.10. The molecule has 0 saturated carbocycles. The first-order chi connectivity index (χ1) is 8.79. The standard InChI is InChI=1S/C15H14O3/c1-2-15(16)18-14-11-7-6-10-13(14)17-12-8-4-3-5-9-12/h3-11H,2H2,1H3. The molecule has 2 aromatic carbocycles. The van der Waals surface area contributed by atoms with E-state index in [1.807, 2.05) is 36.4 Å². The second-order valence-electron chi connectivity index (χ2n) is 3.69. The smallest absolute Gasteiger partial charge is 0.311 e. The zero-order valence-electron chi connectivity index (χ0n) is 10.1. The predicted octanol–water partition coefficient (Wildman–Crippen LogP) is 3.79. The number of rotatable bonds is 4. The van der Waals surface area contributed by atoms with Gasteiger partial charge in [0, 0.05) is 6.42 Å². The van der Waals surface area contributed by atoms with E-state index in [-0.39, 0.29) is 5.97 Å². The third-order valence-electron chi connectivity index (χ3n) is 2.33. The number of para-hydroxylation sites is 3. The van der Waals surface area contributed by atoms with Crippen molar-refractivity contribution in [3.63, 3.8) is 0 Å². The van der Waals surface area contributed by atoms with Gasteiger partial charge in [-0.05, 0) is 24.3 Å². The van der Waals surface area contributed by atoms with Gasteiger partial charge in [-0.3, -0.25) is 4.79 Å². The monoisotopic (exact) mass is 242 g/mol. The summed E-state index contributed by atoms with van der Waals surface area (Å²) < 4.78 is 10.9. The second kappa shape index (κ2) is 5.87. The molecule has 0 aromatic heterocycles. The van der Waals surface area contributed by atoms with Crippen LogP contribution in [-0.4, -0.2) is 5.97 Å². The summed E-state index contributed by atoms with van der Waals surface area (Å²) in [6.45, 7) is 1.75. The first kappa shape index (κ1) is 12.2. The van der Waals surface area contributed by atoms with E-state index in [9.17, 15) is 4.79 Å². The highest BCUT2D eigenvalue weighted by Gasteiger charge is 2.08. The minimum absolute atomic E-state index is 0.279. The molecular formula is C15H14O3. The summed E-state index contributed by atoms with van der Waals surface area (Å²) in [4.78, 5) is 11.3. The van der Waals surface area contributed by atoms with Crippen molar-refractivity contribution in [3.8, 4) is 17.2 Å². The third kappa shape index (κ3) is 3.10. The molecule has 0 spiro atoms. The molecule has 0 aliphatic heterocycles. The molecule has 92 valence electrons. The Morgan fingerprint density at radius 2 is 1.56 bits per heavy atom. The van der Waals surface area contributed by atoms with E-state index in [2.05, 4.69) is 0 Å². The van der Waals surface area contributed by atoms with Gasteiger partial charge in [0.2, 0.25) is 0 Å². The molecule has 3 heteroatoms. The molecule has 0 amide bonds. The van der Waals surface area contributed by atoms with Crippen LogP contribution < -0.4 is 9.47 Å². The average molecular weight is 242 g/mol. The fourth-order valence-electron chi connectivity index (χ4n) is 1.43. The molecule has 0 saturated heterocycles. The number of carbonyl (C=O) groups is 1. The van der Waals surface area contributed by atoms with E-state index < -0.39 is 0 Å². The van der Waals surface area contributed by atoms with Crippen LogP contribution in [0.4, 0.5) is 0 Å². The van der Waals surface area contributed by atoms with Gasteiger partial charge in [0.1, 0.15) is 5.75 Å². The van der Waals surface area contributed by atoms with Crippen LogP contribution in [-0.2, 0) is 4.79 Å². The largest absolute Gasteiger partial charge is 0.453 e. The lowest BCUT2D eigenvalue weighted by molar-refractivity contribution is -0.134. The van der Waals surface area contributed by atoms with E-state index in [0.717, 1.165) is 0 Å². The fourth-order valence-corrected chi connectivity index (χ4v) is 1.43. The molecule has 0 atom stereocenters. The van der Waals surface area contributed by atoms with Crippen molar-refractivity contribution >= 4 is 5.97 Å². The van der Waals surface area contributed by atoms with Gasteiger partial charge in [0.05, 0.1) is 0 Å². The predicted molar refractivity (Wildman–Crippen MR) is 68.9 cm³/mol. The lowest BCUT2D eigenvalue weighted by atomic mass is 10.3. The van der Waals surface area contributed by atoms with E-state index in [0.29, 0.717) is 23.7 Å². The van der Waals surface area contributed by atoms with Crippen molar-refractivity contribution in [3.05, 3.63) is 54.6 Å². The fraction of sp³-hybridized carbons (Fsp3) is 0.133. The summed E-state index contributed by atoms with van der Waals surface area (Å²) in [5.41, 5.74) is 0. The molecule has 0 bridgehead atoms. The molecule has 2 rings (SSSR count). The van der Waals surface area contributed by atoms with Crippen molar-refractivity contribution in [1.82, 2.24) is 0 Å². The Morgan fingerprint density at radius 3 is 2.22 bits per heavy atom. The lowest BCUT2D eigenvalue weighted by Crippen LogP contribution is -2.06. The maximum absolute atomic E-state index is 11.3. The summed E-state index contributed by atoms with van der Waals surface area (Å²) in [5.74, 6) is 1.40. The molecule has 2 aromatic rings. The Bertz CT molecular complexity index is 520. The zero-order chi connectivity index (χ0) is 12.8. The molecule has 0 N–H and O–H groups in total. The number of benzene rings is 2. The topological polar surface area (TPSA) is 35.5 Å². The molecule has 0 aliphatic rings. The van der Waals surface area contributed by atoms with Crippen LogP contribution in [0.3, 0.4) is 0 Å². The highest BCUT2D eigenvalue weighted by molar-refractivity contribution is 5.72. The van der Waals surface area contributed by atoms with Crippen LogP contribution >= 0.6 is 0 Å². The van der Waals surface area contributed by atoms with Gasteiger partial charge >= 0.3 is 5.97 Å². The van der Waals surface area contributed by atoms with Gasteiger partial charge in [0.25, 0.3) is 0 Å². The minimum Gasteiger partial charge on any atom is -0.453 e. The molecule has 0 aliphatic carbocycles. The number of ether oxygens (including phenoxy) is 2. The molecule has 0 heterocycles. The molecule has 0 radical (unpaired) electrons. The van der Waals surface area contributed by atoms with Crippen molar-refractivity contribution in [2.24, 2.45) is 0 Å². The molecule has 3 nitrogen and oxygen atoms in total. The summed E-state index contributed by atoms with van der Waals surface area (Å²) in [6.07, 6.45) is 0.333. The first-order valence-electron chi connectivity index (χ1n) is 5.82. The molecule has 0 unspecified atom stereocenters. The quantitative estimate of drug-likeness (QED) is 0.604. The Balaban J connectivity index is 2.20. The summed E-state index contributed by atoms with van der Waals surface area (Å²) >= 11 is 0. The number of esters is 1. The van der Waals surface area contributed by atoms with Gasteiger partial charge in [0.15, 0.2) is 11.5 Å². The summed E-state index contributed by atoms with van der Waals surface area (Å²) in [5, 5.41) is 0. The average Bonchev–Trinajstić information content (AvgIpc) is 2.42. The van der Waals surface area contributed by atoms with Gasteiger partial charge in [-0.1, -0.05) is 37.3 Å². The Hall–Kier alpha value is -2.29. The van der Waals surface area contributed by atoms with Crippen LogP contribution in [0.15, 0.2) is 54.6 Å². The van der Waals surface area contributed by atoms with Crippen molar-refractivity contribution < 1.29 is 14.3 Å². The molecular weight excluding hydrogens is 228 g/mol. The normalized spacial score (nSPS) is 9.83. The van der Waals surface area contributed by atoms with Gasteiger partial charge in [-0.15, -0.1) is 0 Å². The maximum atomic E-state index is 11.3. The Morgan fingerprint density at radius 1 is 0.944 bits per heavy atom. The Labute approximate surface area is 106 Å². The minimum atomic E-state index is -0.279. The number of hydrogen-bond acceptors (Lipinski definition) is 3. The van der Waals surface area contributed by atoms with Gasteiger partial charge in [-0.2, -0.15) is 0 Å². The van der Waals surface area contributed by atoms with Crippen LogP contribution in [0.1, 0.15) is 13.3 Å². The summed E-state index contributed by atoms with van der Waals surface area (Å²) in [6, 6.07) is 16.5. The highest BCUT2D eigenvalue weighted by Crippen LogP contribution is 2.31. The van der Waals surface area contributed by atoms with Gasteiger partial charge in [-0.25, -0.2) is 0 Å². The van der Waals surface area contributed by atoms with Crippen molar-refractivity contribution in [1.29, 1.82) is 0 Å². The number of carbonyl (C=O) groups excluding carboxylic acids is 1. The third-order valence-corrected chi connectivity index (χ3v) is 2.33. The van der Waals surface area contributed by atoms with E-state index in [1.54, 1.807) is 25.1 Å². The second-order valence-corrected chi connectivity index (χ2v) is 3.69. The van der Waals surface area contributed by atoms with Gasteiger partial charge < -0.3 is 9.47 Å². The highest BCUT2D eigenvalue weighted by atomic mass is 16.6. The van der Waals surface area contributed by atoms with E-state index in [4.69, 9.17) is 9.47 Å². The van der Waals surface area contributed by atoms with Crippen molar-refractivity contribution in [2.45, 2.75) is 13.3 Å². The Kier molecular flexibility index (Phi) is 3.97. The van der Waals surface area contributed by atoms with E-state index >= 15 is 0 Å². The maximum Gasteiger partial charge on any atom is 0.311 e. The van der Waals surface area contributed by atoms with Crippen LogP contribution in [0.5, 0.6) is 17.2 Å². The van der Waals surface area contributed by atoms with E-state index in [1.165, 1.54) is 0 Å². The number of hydrogen-bond donors (Lipinski definition) is 0. The summed E-state index contributed by atoms with van der Waals surface area (Å²) in [7, 11) is 0. The SMILES string of the molecule is CCC(=O)Oc1ccccc1Oc1ccccc1. The van der Waals surface area contributed by atoms with Crippen LogP contribution in [0, 0.1) is 0 Å². The first-order valence-corrected chi connectivity index (χ1v) is 5.82. The zero-order valence-corrected chi connectivity index (χ0v) is 10.1. The van der Waals surface area contributed by atoms with Crippen LogP contribution in [0.2, 0.25) is 0 Å². The molecule has 18 heavy (non-hydrogen) atoms. The van der Waals surface area contributed by atoms with Crippen molar-refractivity contribution in [2.75, 3.05) is 0 Å². The molecule has 0 fully saturated rings. The van der Waals surface area contributed by atoms with Crippen LogP contribution in [0.25, 0.3) is 0 Å².